The van der Waals surface area contributed by atoms with Gasteiger partial charge in [-0.2, -0.15) is 4.58 Å². The van der Waals surface area contributed by atoms with Crippen LogP contribution < -0.4 is 9.48 Å². The van der Waals surface area contributed by atoms with Gasteiger partial charge in [-0.1, -0.05) is 71.1 Å². The summed E-state index contributed by atoms with van der Waals surface area (Å²) < 4.78 is 4.95. The molecule has 0 aliphatic heterocycles. The average molecular weight is 514 g/mol. The highest BCUT2D eigenvalue weighted by molar-refractivity contribution is 6.18. The van der Waals surface area contributed by atoms with Gasteiger partial charge >= 0.3 is 0 Å². The highest BCUT2D eigenvalue weighted by atomic mass is 15.1. The van der Waals surface area contributed by atoms with Crippen molar-refractivity contribution in [3.05, 3.63) is 78.4 Å². The molecule has 3 heteroatoms. The maximum atomic E-state index is 2.56. The van der Waals surface area contributed by atoms with Crippen molar-refractivity contribution in [3.8, 4) is 0 Å². The number of anilines is 1. The van der Waals surface area contributed by atoms with Crippen molar-refractivity contribution in [1.29, 1.82) is 0 Å². The molecule has 0 atom stereocenters. The van der Waals surface area contributed by atoms with Gasteiger partial charge in [0, 0.05) is 80.2 Å². The minimum absolute atomic E-state index is 1.13. The van der Waals surface area contributed by atoms with Crippen LogP contribution in [0.3, 0.4) is 0 Å². The molecule has 0 saturated heterocycles. The number of aryl methyl sites for hydroxylation is 1. The first-order chi connectivity index (χ1) is 18.6. The highest BCUT2D eigenvalue weighted by Crippen LogP contribution is 2.26. The molecule has 0 saturated carbocycles. The number of rotatable bonds is 15. The molecule has 0 amide bonds. The topological polar surface area (TPSA) is 9.26 Å². The summed E-state index contributed by atoms with van der Waals surface area (Å²) >= 11 is 0. The van der Waals surface area contributed by atoms with Gasteiger partial charge in [0.05, 0.1) is 0 Å². The maximum Gasteiger partial charge on any atom is 0.212 e. The van der Waals surface area contributed by atoms with Crippen LogP contribution in [0.5, 0.6) is 0 Å². The van der Waals surface area contributed by atoms with E-state index in [1.807, 2.05) is 0 Å². The Hall–Kier alpha value is -2.94. The van der Waals surface area contributed by atoms with Crippen LogP contribution >= 0.6 is 0 Å². The predicted molar refractivity (Wildman–Crippen MR) is 169 cm³/mol. The lowest BCUT2D eigenvalue weighted by Gasteiger charge is -2.24. The third kappa shape index (κ3) is 8.55. The van der Waals surface area contributed by atoms with Crippen LogP contribution in [-0.4, -0.2) is 42.2 Å². The van der Waals surface area contributed by atoms with Crippen molar-refractivity contribution in [2.75, 3.05) is 31.1 Å². The lowest BCUT2D eigenvalue weighted by molar-refractivity contribution is -0.527. The van der Waals surface area contributed by atoms with E-state index in [0.717, 1.165) is 26.2 Å². The fourth-order valence-electron chi connectivity index (χ4n) is 4.90. The molecular weight excluding hydrogens is 462 g/mol. The molecule has 3 nitrogen and oxygen atoms in total. The molecule has 0 unspecified atom stereocenters. The number of allylic oxidation sites excluding steroid dienone is 4. The summed E-state index contributed by atoms with van der Waals surface area (Å²) in [5.74, 6) is 0. The van der Waals surface area contributed by atoms with Crippen LogP contribution in [0, 0.1) is 6.92 Å². The van der Waals surface area contributed by atoms with Gasteiger partial charge in [-0.15, -0.1) is 0 Å². The fourth-order valence-corrected chi connectivity index (χ4v) is 4.90. The quantitative estimate of drug-likeness (QED) is 0.171. The van der Waals surface area contributed by atoms with Crippen molar-refractivity contribution >= 4 is 28.5 Å². The Morgan fingerprint density at radius 1 is 0.553 bits per heavy atom. The van der Waals surface area contributed by atoms with E-state index >= 15 is 0 Å². The summed E-state index contributed by atoms with van der Waals surface area (Å²) in [6.07, 6.45) is 19.1. The number of unbranched alkanes of at least 4 members (excludes halogenated alkanes) is 4. The Bertz CT molecular complexity index is 1060. The van der Waals surface area contributed by atoms with Crippen LogP contribution in [0.1, 0.15) is 84.6 Å². The fraction of sp³-hybridized carbons (Fsp3) is 0.486. The molecule has 1 aliphatic carbocycles. The highest BCUT2D eigenvalue weighted by Gasteiger charge is 2.22. The Morgan fingerprint density at radius 3 is 1.47 bits per heavy atom. The maximum absolute atomic E-state index is 2.56. The number of nitrogens with zero attached hydrogens (tertiary/aromatic N) is 3. The van der Waals surface area contributed by atoms with E-state index in [9.17, 15) is 0 Å². The van der Waals surface area contributed by atoms with Crippen molar-refractivity contribution in [1.82, 2.24) is 4.58 Å². The predicted octanol–water partition coefficient (Wildman–Crippen LogP) is 8.86. The molecule has 3 rings (SSSR count). The molecule has 0 bridgehead atoms. The molecule has 2 aromatic carbocycles. The van der Waals surface area contributed by atoms with Crippen LogP contribution in [0.4, 0.5) is 17.1 Å². The second-order valence-electron chi connectivity index (χ2n) is 10.6. The molecule has 0 radical (unpaired) electrons. The van der Waals surface area contributed by atoms with Gasteiger partial charge in [0.25, 0.3) is 0 Å². The SMILES string of the molecule is CCCCN(CCCC)c1ccc([N+](=C2C=CC(=[N+](CCCC)CCCC)C=C2)c2ccc(C)cc2)cc1. The first-order valence-corrected chi connectivity index (χ1v) is 15.2. The second kappa shape index (κ2) is 16.1. The smallest absolute Gasteiger partial charge is 0.212 e. The Balaban J connectivity index is 1.99. The van der Waals surface area contributed by atoms with Gasteiger partial charge in [-0.3, -0.25) is 0 Å². The Labute approximate surface area is 232 Å². The summed E-state index contributed by atoms with van der Waals surface area (Å²) in [6.45, 7) is 15.8. The van der Waals surface area contributed by atoms with Gasteiger partial charge in [0.15, 0.2) is 5.71 Å². The molecule has 204 valence electrons. The molecular formula is C35H51N3+2. The van der Waals surface area contributed by atoms with Crippen molar-refractivity contribution in [3.63, 3.8) is 0 Å². The third-order valence-electron chi connectivity index (χ3n) is 7.36. The minimum Gasteiger partial charge on any atom is -0.372 e. The second-order valence-corrected chi connectivity index (χ2v) is 10.6. The minimum atomic E-state index is 1.13. The van der Waals surface area contributed by atoms with Gasteiger partial charge in [0.1, 0.15) is 13.1 Å². The zero-order chi connectivity index (χ0) is 27.2. The van der Waals surface area contributed by atoms with Crippen LogP contribution in [0.25, 0.3) is 0 Å². The molecule has 0 N–H and O–H groups in total. The number of benzene rings is 2. The molecule has 0 spiro atoms. The van der Waals surface area contributed by atoms with Crippen LogP contribution in [-0.2, 0) is 0 Å². The van der Waals surface area contributed by atoms with E-state index in [1.165, 1.54) is 85.4 Å². The molecule has 38 heavy (non-hydrogen) atoms. The van der Waals surface area contributed by atoms with Gasteiger partial charge < -0.3 is 4.90 Å². The summed E-state index contributed by atoms with van der Waals surface area (Å²) in [5.41, 5.74) is 7.54. The standard InChI is InChI=1S/C35H51N3/c1-6-10-26-36(27-11-7-2)31-18-22-34(23-19-31)38(33-16-14-30(5)15-17-33)35-24-20-32(21-25-35)37(28-12-8-3)29-13-9-4/h14-25H,6-13,26-29H2,1-5H3/q+2. The lowest BCUT2D eigenvalue weighted by Crippen LogP contribution is -2.25. The van der Waals surface area contributed by atoms with E-state index in [-0.39, 0.29) is 0 Å². The van der Waals surface area contributed by atoms with E-state index in [2.05, 4.69) is 122 Å². The monoisotopic (exact) mass is 513 g/mol. The summed E-state index contributed by atoms with van der Waals surface area (Å²) in [6, 6.07) is 18.1. The summed E-state index contributed by atoms with van der Waals surface area (Å²) in [4.78, 5) is 2.56. The van der Waals surface area contributed by atoms with E-state index < -0.39 is 0 Å². The first-order valence-electron chi connectivity index (χ1n) is 15.2. The Kier molecular flexibility index (Phi) is 12.6. The Morgan fingerprint density at radius 2 is 1.00 bits per heavy atom. The van der Waals surface area contributed by atoms with E-state index in [1.54, 1.807) is 0 Å². The van der Waals surface area contributed by atoms with Crippen LogP contribution in [0.2, 0.25) is 0 Å². The van der Waals surface area contributed by atoms with Crippen molar-refractivity contribution in [2.24, 2.45) is 0 Å². The zero-order valence-corrected chi connectivity index (χ0v) is 24.8. The third-order valence-corrected chi connectivity index (χ3v) is 7.36. The van der Waals surface area contributed by atoms with Crippen molar-refractivity contribution in [2.45, 2.75) is 86.0 Å². The summed E-state index contributed by atoms with van der Waals surface area (Å²) in [5, 5.41) is 0. The first kappa shape index (κ1) is 29.6. The van der Waals surface area contributed by atoms with Crippen molar-refractivity contribution < 1.29 is 4.58 Å². The largest absolute Gasteiger partial charge is 0.372 e. The molecule has 2 aromatic rings. The number of hydrogen-bond acceptors (Lipinski definition) is 1. The van der Waals surface area contributed by atoms with E-state index in [0.29, 0.717) is 0 Å². The lowest BCUT2D eigenvalue weighted by atomic mass is 10.1. The van der Waals surface area contributed by atoms with Crippen LogP contribution in [0.15, 0.2) is 72.8 Å². The molecule has 0 heterocycles. The molecule has 0 aromatic heterocycles. The van der Waals surface area contributed by atoms with E-state index in [4.69, 9.17) is 0 Å². The van der Waals surface area contributed by atoms with Gasteiger partial charge in [0.2, 0.25) is 17.1 Å². The number of hydrogen-bond donors (Lipinski definition) is 0. The average Bonchev–Trinajstić information content (AvgIpc) is 2.95. The molecule has 1 aliphatic rings. The molecule has 0 fully saturated rings. The normalized spacial score (nSPS) is 12.8. The van der Waals surface area contributed by atoms with Gasteiger partial charge in [-0.25, -0.2) is 4.58 Å². The summed E-state index contributed by atoms with van der Waals surface area (Å²) in [7, 11) is 0. The van der Waals surface area contributed by atoms with Gasteiger partial charge in [-0.05, 0) is 31.9 Å². The zero-order valence-electron chi connectivity index (χ0n) is 24.8.